The Hall–Kier alpha value is -5.28. The van der Waals surface area contributed by atoms with Gasteiger partial charge in [0.05, 0.1) is 11.0 Å². The van der Waals surface area contributed by atoms with Gasteiger partial charge in [0, 0.05) is 55.3 Å². The fourth-order valence-corrected chi connectivity index (χ4v) is 7.02. The Morgan fingerprint density at radius 3 is 1.62 bits per heavy atom. The minimum Gasteiger partial charge on any atom is -0.355 e. The average Bonchev–Trinajstić information content (AvgIpc) is 3.60. The van der Waals surface area contributed by atoms with Gasteiger partial charge in [0.1, 0.15) is 0 Å². The summed E-state index contributed by atoms with van der Waals surface area (Å²) in [5.41, 5.74) is 12.2. The topological polar surface area (TPSA) is 24.0 Å². The van der Waals surface area contributed by atoms with E-state index < -0.39 is 0 Å². The number of benzene rings is 6. The van der Waals surface area contributed by atoms with Crippen molar-refractivity contribution in [1.82, 2.24) is 9.55 Å². The number of anilines is 3. The third kappa shape index (κ3) is 4.98. The molecule has 2 aromatic heterocycles. The first-order valence-corrected chi connectivity index (χ1v) is 16.6. The minimum absolute atomic E-state index is 0.0914. The molecule has 0 amide bonds. The van der Waals surface area contributed by atoms with Crippen LogP contribution in [0.15, 0.2) is 133 Å². The molecule has 0 aliphatic heterocycles. The molecule has 3 nitrogen and oxygen atoms in total. The van der Waals surface area contributed by atoms with E-state index >= 15 is 0 Å². The number of nitrogens with zero attached hydrogens (tertiary/aromatic N) is 2. The van der Waals surface area contributed by atoms with Crippen molar-refractivity contribution in [3.63, 3.8) is 0 Å². The van der Waals surface area contributed by atoms with E-state index in [0.717, 1.165) is 33.8 Å². The van der Waals surface area contributed by atoms with E-state index in [1.54, 1.807) is 0 Å². The van der Waals surface area contributed by atoms with Crippen LogP contribution in [-0.2, 0) is 10.8 Å². The largest absolute Gasteiger partial charge is 0.355 e. The number of hydrogen-bond acceptors (Lipinski definition) is 1. The lowest BCUT2D eigenvalue weighted by Gasteiger charge is -2.28. The number of aromatic nitrogens is 2. The fourth-order valence-electron chi connectivity index (χ4n) is 7.02. The smallest absolute Gasteiger partial charge is 0.0542 e. The van der Waals surface area contributed by atoms with Gasteiger partial charge in [0.2, 0.25) is 0 Å². The number of H-pyrrole nitrogens is 1. The summed E-state index contributed by atoms with van der Waals surface area (Å²) in [4.78, 5) is 5.98. The molecule has 1 N–H and O–H groups in total. The third-order valence-corrected chi connectivity index (χ3v) is 9.65. The Morgan fingerprint density at radius 1 is 0.447 bits per heavy atom. The first-order valence-electron chi connectivity index (χ1n) is 16.6. The zero-order chi connectivity index (χ0) is 32.5. The molecule has 0 saturated heterocycles. The van der Waals surface area contributed by atoms with E-state index in [9.17, 15) is 0 Å². The number of aromatic amines is 1. The van der Waals surface area contributed by atoms with Gasteiger partial charge in [0.15, 0.2) is 0 Å². The number of nitrogens with one attached hydrogen (secondary N) is 1. The van der Waals surface area contributed by atoms with E-state index in [2.05, 4.69) is 189 Å². The van der Waals surface area contributed by atoms with Crippen molar-refractivity contribution in [2.45, 2.75) is 52.4 Å². The maximum absolute atomic E-state index is 3.58. The molecule has 0 fully saturated rings. The van der Waals surface area contributed by atoms with Crippen molar-refractivity contribution < 1.29 is 0 Å². The molecule has 8 aromatic rings. The molecule has 47 heavy (non-hydrogen) atoms. The van der Waals surface area contributed by atoms with Crippen LogP contribution in [0.3, 0.4) is 0 Å². The highest BCUT2D eigenvalue weighted by Crippen LogP contribution is 2.41. The maximum Gasteiger partial charge on any atom is 0.0542 e. The number of rotatable bonds is 4. The molecule has 2 heterocycles. The summed E-state index contributed by atoms with van der Waals surface area (Å²) in [5, 5.41) is 4.97. The van der Waals surface area contributed by atoms with E-state index in [1.807, 2.05) is 0 Å². The second kappa shape index (κ2) is 10.6. The van der Waals surface area contributed by atoms with Crippen LogP contribution in [0.4, 0.5) is 17.1 Å². The van der Waals surface area contributed by atoms with Crippen LogP contribution < -0.4 is 4.90 Å². The molecule has 0 spiro atoms. The highest BCUT2D eigenvalue weighted by Gasteiger charge is 2.20. The Bertz CT molecular complexity index is 2350. The zero-order valence-corrected chi connectivity index (χ0v) is 28.1. The van der Waals surface area contributed by atoms with E-state index in [-0.39, 0.29) is 10.8 Å². The molecule has 0 unspecified atom stereocenters. The van der Waals surface area contributed by atoms with Crippen molar-refractivity contribution in [2.24, 2.45) is 0 Å². The van der Waals surface area contributed by atoms with Crippen LogP contribution in [-0.4, -0.2) is 9.55 Å². The quantitative estimate of drug-likeness (QED) is 0.210. The highest BCUT2D eigenvalue weighted by molar-refractivity contribution is 6.12. The first kappa shape index (κ1) is 29.1. The second-order valence-electron chi connectivity index (χ2n) is 14.9. The molecule has 8 rings (SSSR count). The third-order valence-electron chi connectivity index (χ3n) is 9.65. The lowest BCUT2D eigenvalue weighted by Crippen LogP contribution is -2.14. The lowest BCUT2D eigenvalue weighted by molar-refractivity contribution is 0.590. The molecular weight excluding hydrogens is 571 g/mol. The molecule has 0 saturated carbocycles. The van der Waals surface area contributed by atoms with Gasteiger partial charge in [-0.05, 0) is 94.8 Å². The summed E-state index contributed by atoms with van der Waals surface area (Å²) in [6, 6.07) is 49.2. The van der Waals surface area contributed by atoms with Gasteiger partial charge in [0.25, 0.3) is 0 Å². The van der Waals surface area contributed by atoms with Crippen molar-refractivity contribution in [1.29, 1.82) is 0 Å². The molecule has 0 aliphatic carbocycles. The van der Waals surface area contributed by atoms with Crippen LogP contribution in [0.5, 0.6) is 0 Å². The summed E-state index contributed by atoms with van der Waals surface area (Å²) in [6.07, 6.45) is 0. The highest BCUT2D eigenvalue weighted by atomic mass is 15.1. The van der Waals surface area contributed by atoms with Gasteiger partial charge in [-0.2, -0.15) is 0 Å². The fraction of sp³-hybridized carbons (Fsp3) is 0.182. The van der Waals surface area contributed by atoms with Crippen molar-refractivity contribution >= 4 is 60.7 Å². The van der Waals surface area contributed by atoms with Crippen molar-refractivity contribution in [2.75, 3.05) is 4.90 Å². The van der Waals surface area contributed by atoms with Crippen LogP contribution in [0.2, 0.25) is 0 Å². The second-order valence-corrected chi connectivity index (χ2v) is 14.9. The number of fused-ring (bicyclic) bond motifs is 6. The number of para-hydroxylation sites is 2. The maximum atomic E-state index is 3.58. The summed E-state index contributed by atoms with van der Waals surface area (Å²) in [7, 11) is 0. The zero-order valence-electron chi connectivity index (χ0n) is 28.1. The van der Waals surface area contributed by atoms with Crippen LogP contribution in [0.1, 0.15) is 52.7 Å². The molecule has 232 valence electrons. The average molecular weight is 612 g/mol. The number of hydrogen-bond donors (Lipinski definition) is 1. The van der Waals surface area contributed by atoms with Gasteiger partial charge < -0.3 is 14.5 Å². The van der Waals surface area contributed by atoms with Crippen LogP contribution >= 0.6 is 0 Å². The van der Waals surface area contributed by atoms with Gasteiger partial charge >= 0.3 is 0 Å². The van der Waals surface area contributed by atoms with Crippen LogP contribution in [0, 0.1) is 0 Å². The molecule has 0 aliphatic rings. The lowest BCUT2D eigenvalue weighted by atomic mass is 9.86. The SMILES string of the molecule is CC(C)(C)c1ccc(N(c2ccc(C(C)(C)C)cc2)c2ccc3c(c2)c2ccccc2n3-c2ccc3[nH]c4ccccc4c3c2)cc1. The van der Waals surface area contributed by atoms with Crippen LogP contribution in [0.25, 0.3) is 49.3 Å². The summed E-state index contributed by atoms with van der Waals surface area (Å²) in [5.74, 6) is 0. The standard InChI is InChI=1S/C44H41N3/c1-43(2,3)29-15-19-31(20-16-29)46(32-21-17-30(18-22-32)44(4,5)6)33-24-26-42-38(28-33)36-12-8-10-14-41(36)47(42)34-23-25-40-37(27-34)35-11-7-9-13-39(35)45-40/h7-28,45H,1-6H3. The molecular formula is C44H41N3. The van der Waals surface area contributed by atoms with E-state index in [4.69, 9.17) is 0 Å². The normalized spacial score (nSPS) is 12.5. The molecule has 0 radical (unpaired) electrons. The van der Waals surface area contributed by atoms with Gasteiger partial charge in [-0.25, -0.2) is 0 Å². The molecule has 3 heteroatoms. The summed E-state index contributed by atoms with van der Waals surface area (Å²) < 4.78 is 2.41. The first-order chi connectivity index (χ1) is 22.6. The molecule has 0 atom stereocenters. The Labute approximate surface area is 277 Å². The molecule has 6 aromatic carbocycles. The van der Waals surface area contributed by atoms with Crippen molar-refractivity contribution in [3.05, 3.63) is 145 Å². The van der Waals surface area contributed by atoms with Crippen molar-refractivity contribution in [3.8, 4) is 5.69 Å². The monoisotopic (exact) mass is 611 g/mol. The van der Waals surface area contributed by atoms with Gasteiger partial charge in [-0.15, -0.1) is 0 Å². The van der Waals surface area contributed by atoms with E-state index in [0.29, 0.717) is 0 Å². The van der Waals surface area contributed by atoms with Gasteiger partial charge in [-0.3, -0.25) is 0 Å². The van der Waals surface area contributed by atoms with Gasteiger partial charge in [-0.1, -0.05) is 102 Å². The minimum atomic E-state index is 0.0914. The predicted molar refractivity (Wildman–Crippen MR) is 202 cm³/mol. The summed E-state index contributed by atoms with van der Waals surface area (Å²) >= 11 is 0. The predicted octanol–water partition coefficient (Wildman–Crippen LogP) is 12.5. The summed E-state index contributed by atoms with van der Waals surface area (Å²) in [6.45, 7) is 13.6. The Balaban J connectivity index is 1.32. The Morgan fingerprint density at radius 2 is 0.979 bits per heavy atom. The van der Waals surface area contributed by atoms with E-state index in [1.165, 1.54) is 43.7 Å². The Kier molecular flexibility index (Phi) is 6.59. The molecule has 0 bridgehead atoms.